The third kappa shape index (κ3) is 3.21. The minimum absolute atomic E-state index is 0.0157. The highest BCUT2D eigenvalue weighted by molar-refractivity contribution is 5.96. The first-order valence-electron chi connectivity index (χ1n) is 8.36. The largest absolute Gasteiger partial charge is 0.338 e. The molecular formula is C18H14F2N6O. The summed E-state index contributed by atoms with van der Waals surface area (Å²) in [6, 6.07) is 10.4. The lowest BCUT2D eigenvalue weighted by Crippen LogP contribution is -2.42. The van der Waals surface area contributed by atoms with Crippen LogP contribution in [0, 0.1) is 11.3 Å². The Kier molecular flexibility index (Phi) is 4.03. The molecule has 1 aliphatic rings. The molecule has 1 aromatic carbocycles. The molecule has 1 aliphatic heterocycles. The van der Waals surface area contributed by atoms with Crippen LogP contribution in [0.1, 0.15) is 28.8 Å². The molecule has 2 aromatic heterocycles. The Morgan fingerprint density at radius 2 is 1.89 bits per heavy atom. The number of halogens is 2. The molecule has 1 saturated heterocycles. The maximum absolute atomic E-state index is 13.3. The van der Waals surface area contributed by atoms with Gasteiger partial charge in [-0.25, -0.2) is 13.8 Å². The zero-order chi connectivity index (χ0) is 19.0. The van der Waals surface area contributed by atoms with Crippen LogP contribution in [0.3, 0.4) is 0 Å². The summed E-state index contributed by atoms with van der Waals surface area (Å²) < 4.78 is 28.1. The number of nitriles is 1. The van der Waals surface area contributed by atoms with Crippen LogP contribution < -0.4 is 0 Å². The summed E-state index contributed by atoms with van der Waals surface area (Å²) in [5.74, 6) is -3.05. The van der Waals surface area contributed by atoms with Crippen molar-refractivity contribution in [2.75, 3.05) is 13.1 Å². The quantitative estimate of drug-likeness (QED) is 0.694. The van der Waals surface area contributed by atoms with Gasteiger partial charge in [0.2, 0.25) is 0 Å². The fourth-order valence-electron chi connectivity index (χ4n) is 3.01. The molecule has 136 valence electrons. The second kappa shape index (κ2) is 6.39. The lowest BCUT2D eigenvalue weighted by Gasteiger charge is -2.31. The fraction of sp³-hybridized carbons (Fsp3) is 0.278. The molecule has 1 fully saturated rings. The maximum atomic E-state index is 13.3. The van der Waals surface area contributed by atoms with E-state index >= 15 is 0 Å². The van der Waals surface area contributed by atoms with Crippen molar-refractivity contribution in [3.8, 4) is 11.8 Å². The van der Waals surface area contributed by atoms with E-state index in [2.05, 4.69) is 15.3 Å². The van der Waals surface area contributed by atoms with Crippen LogP contribution in [0.25, 0.3) is 16.9 Å². The third-order valence-corrected chi connectivity index (χ3v) is 4.56. The van der Waals surface area contributed by atoms with E-state index in [0.29, 0.717) is 28.0 Å². The van der Waals surface area contributed by atoms with Crippen molar-refractivity contribution in [3.63, 3.8) is 0 Å². The van der Waals surface area contributed by atoms with Gasteiger partial charge in [0.25, 0.3) is 11.8 Å². The zero-order valence-electron chi connectivity index (χ0n) is 14.1. The number of benzene rings is 1. The molecule has 27 heavy (non-hydrogen) atoms. The van der Waals surface area contributed by atoms with Crippen LogP contribution in [0.5, 0.6) is 0 Å². The molecule has 4 rings (SSSR count). The van der Waals surface area contributed by atoms with Crippen LogP contribution >= 0.6 is 0 Å². The number of rotatable bonds is 2. The summed E-state index contributed by atoms with van der Waals surface area (Å²) >= 11 is 0. The first-order chi connectivity index (χ1) is 13.0. The van der Waals surface area contributed by atoms with E-state index in [4.69, 9.17) is 5.26 Å². The van der Waals surface area contributed by atoms with Crippen molar-refractivity contribution < 1.29 is 13.6 Å². The third-order valence-electron chi connectivity index (χ3n) is 4.56. The highest BCUT2D eigenvalue weighted by Gasteiger charge is 2.35. The van der Waals surface area contributed by atoms with E-state index in [-0.39, 0.29) is 31.8 Å². The first-order valence-corrected chi connectivity index (χ1v) is 8.36. The molecule has 0 N–H and O–H groups in total. The number of alkyl halides is 2. The SMILES string of the molecule is N#Cc1ccc(-n2nnc3cc(C(=O)N4CCC(F)(F)CC4)cnc32)cc1. The first kappa shape index (κ1) is 17.0. The number of hydrogen-bond donors (Lipinski definition) is 0. The van der Waals surface area contributed by atoms with Gasteiger partial charge in [-0.1, -0.05) is 5.21 Å². The normalized spacial score (nSPS) is 16.3. The Labute approximate surface area is 152 Å². The molecule has 1 amide bonds. The number of aromatic nitrogens is 4. The molecule has 0 unspecified atom stereocenters. The van der Waals surface area contributed by atoms with Crippen LogP contribution in [0.15, 0.2) is 36.5 Å². The van der Waals surface area contributed by atoms with E-state index in [9.17, 15) is 13.6 Å². The summed E-state index contributed by atoms with van der Waals surface area (Å²) in [7, 11) is 0. The number of likely N-dealkylation sites (tertiary alicyclic amines) is 1. The summed E-state index contributed by atoms with van der Waals surface area (Å²) in [6.45, 7) is 0.0314. The summed E-state index contributed by atoms with van der Waals surface area (Å²) in [5, 5.41) is 17.0. The summed E-state index contributed by atoms with van der Waals surface area (Å²) in [6.07, 6.45) is 0.744. The molecule has 7 nitrogen and oxygen atoms in total. The second-order valence-electron chi connectivity index (χ2n) is 6.37. The minimum atomic E-state index is -2.71. The molecular weight excluding hydrogens is 354 g/mol. The molecule has 3 aromatic rings. The van der Waals surface area contributed by atoms with Crippen LogP contribution in [0.4, 0.5) is 8.78 Å². The number of piperidine rings is 1. The molecule has 0 bridgehead atoms. The summed E-state index contributed by atoms with van der Waals surface area (Å²) in [4.78, 5) is 18.2. The molecule has 9 heteroatoms. The highest BCUT2D eigenvalue weighted by Crippen LogP contribution is 2.28. The number of nitrogens with zero attached hydrogens (tertiary/aromatic N) is 6. The van der Waals surface area contributed by atoms with Crippen LogP contribution in [-0.2, 0) is 0 Å². The van der Waals surface area contributed by atoms with Gasteiger partial charge in [-0.2, -0.15) is 9.94 Å². The Morgan fingerprint density at radius 3 is 2.56 bits per heavy atom. The summed E-state index contributed by atoms with van der Waals surface area (Å²) in [5.41, 5.74) is 2.38. The van der Waals surface area contributed by atoms with Crippen LogP contribution in [-0.4, -0.2) is 49.8 Å². The Hall–Kier alpha value is -3.41. The van der Waals surface area contributed by atoms with Gasteiger partial charge < -0.3 is 4.90 Å². The van der Waals surface area contributed by atoms with Crippen molar-refractivity contribution in [3.05, 3.63) is 47.7 Å². The monoisotopic (exact) mass is 368 g/mol. The van der Waals surface area contributed by atoms with Gasteiger partial charge in [-0.15, -0.1) is 5.10 Å². The molecule has 3 heterocycles. The van der Waals surface area contributed by atoms with Crippen LogP contribution in [0.2, 0.25) is 0 Å². The van der Waals surface area contributed by atoms with Crippen molar-refractivity contribution in [1.29, 1.82) is 5.26 Å². The van der Waals surface area contributed by atoms with E-state index in [1.165, 1.54) is 15.8 Å². The van der Waals surface area contributed by atoms with Crippen molar-refractivity contribution in [2.24, 2.45) is 0 Å². The number of amides is 1. The van der Waals surface area contributed by atoms with E-state index in [1.54, 1.807) is 30.3 Å². The van der Waals surface area contributed by atoms with E-state index in [1.807, 2.05) is 6.07 Å². The number of carbonyl (C=O) groups is 1. The standard InChI is InChI=1S/C18H14F2N6O/c19-18(20)5-7-25(8-6-18)17(27)13-9-15-16(22-11-13)26(24-23-15)14-3-1-12(10-21)2-4-14/h1-4,9,11H,5-8H2. The highest BCUT2D eigenvalue weighted by atomic mass is 19.3. The smallest absolute Gasteiger partial charge is 0.255 e. The maximum Gasteiger partial charge on any atom is 0.255 e. The number of pyridine rings is 1. The van der Waals surface area contributed by atoms with Crippen molar-refractivity contribution in [1.82, 2.24) is 24.9 Å². The predicted molar refractivity (Wildman–Crippen MR) is 91.5 cm³/mol. The molecule has 0 aliphatic carbocycles. The molecule has 0 atom stereocenters. The Bertz CT molecular complexity index is 1040. The van der Waals surface area contributed by atoms with Gasteiger partial charge >= 0.3 is 0 Å². The average Bonchev–Trinajstić information content (AvgIpc) is 3.10. The van der Waals surface area contributed by atoms with Gasteiger partial charge in [-0.05, 0) is 30.3 Å². The van der Waals surface area contributed by atoms with Gasteiger partial charge in [0.1, 0.15) is 5.52 Å². The van der Waals surface area contributed by atoms with Crippen molar-refractivity contribution in [2.45, 2.75) is 18.8 Å². The van der Waals surface area contributed by atoms with Gasteiger partial charge in [-0.3, -0.25) is 4.79 Å². The average molecular weight is 368 g/mol. The number of hydrogen-bond acceptors (Lipinski definition) is 5. The van der Waals surface area contributed by atoms with Crippen molar-refractivity contribution >= 4 is 17.1 Å². The second-order valence-corrected chi connectivity index (χ2v) is 6.37. The fourth-order valence-corrected chi connectivity index (χ4v) is 3.01. The van der Waals surface area contributed by atoms with E-state index in [0.717, 1.165) is 0 Å². The molecule has 0 spiro atoms. The molecule has 0 radical (unpaired) electrons. The molecule has 0 saturated carbocycles. The predicted octanol–water partition coefficient (Wildman–Crippen LogP) is 2.56. The zero-order valence-corrected chi connectivity index (χ0v) is 14.1. The van der Waals surface area contributed by atoms with E-state index < -0.39 is 5.92 Å². The minimum Gasteiger partial charge on any atom is -0.338 e. The lowest BCUT2D eigenvalue weighted by molar-refractivity contribution is -0.0494. The Balaban J connectivity index is 1.60. The topological polar surface area (TPSA) is 87.7 Å². The number of fused-ring (bicyclic) bond motifs is 1. The van der Waals surface area contributed by atoms with Gasteiger partial charge in [0.05, 0.1) is 22.9 Å². The van der Waals surface area contributed by atoms with Gasteiger partial charge in [0.15, 0.2) is 5.65 Å². The lowest BCUT2D eigenvalue weighted by atomic mass is 10.1. The number of carbonyl (C=O) groups excluding carboxylic acids is 1. The van der Waals surface area contributed by atoms with Gasteiger partial charge in [0, 0.05) is 32.1 Å². The Morgan fingerprint density at radius 1 is 1.19 bits per heavy atom.